The van der Waals surface area contributed by atoms with E-state index in [0.29, 0.717) is 17.1 Å². The summed E-state index contributed by atoms with van der Waals surface area (Å²) in [6.07, 6.45) is 0. The van der Waals surface area contributed by atoms with E-state index in [1.807, 2.05) is 91.9 Å². The van der Waals surface area contributed by atoms with Crippen LogP contribution in [0.2, 0.25) is 0 Å². The largest absolute Gasteiger partial charge is 0.497 e. The minimum Gasteiger partial charge on any atom is -0.497 e. The number of ether oxygens (including phenoxy) is 1. The van der Waals surface area contributed by atoms with Gasteiger partial charge in [-0.1, -0.05) is 41.6 Å². The van der Waals surface area contributed by atoms with Gasteiger partial charge < -0.3 is 9.26 Å². The summed E-state index contributed by atoms with van der Waals surface area (Å²) in [5.74, 6) is 0.935. The van der Waals surface area contributed by atoms with Gasteiger partial charge in [-0.2, -0.15) is 0 Å². The summed E-state index contributed by atoms with van der Waals surface area (Å²) in [5, 5.41) is 5.04. The molecule has 2 aromatic heterocycles. The van der Waals surface area contributed by atoms with Crippen molar-refractivity contribution in [1.82, 2.24) is 10.1 Å². The second-order valence-electron chi connectivity index (χ2n) is 7.58. The molecule has 0 bridgehead atoms. The van der Waals surface area contributed by atoms with Crippen molar-refractivity contribution in [1.29, 1.82) is 0 Å². The van der Waals surface area contributed by atoms with Crippen LogP contribution in [0.3, 0.4) is 0 Å². The first-order valence-electron chi connectivity index (χ1n) is 10.5. The third kappa shape index (κ3) is 3.94. The van der Waals surface area contributed by atoms with Crippen LogP contribution >= 0.6 is 0 Å². The van der Waals surface area contributed by atoms with Crippen molar-refractivity contribution in [3.63, 3.8) is 0 Å². The first-order valence-corrected chi connectivity index (χ1v) is 10.5. The Hall–Kier alpha value is -4.45. The lowest BCUT2D eigenvalue weighted by atomic mass is 10.1. The number of amides is 1. The molecule has 0 aliphatic rings. The maximum Gasteiger partial charge on any atom is 0.285 e. The van der Waals surface area contributed by atoms with E-state index in [1.54, 1.807) is 18.1 Å². The lowest BCUT2D eigenvalue weighted by Crippen LogP contribution is -2.26. The zero-order valence-corrected chi connectivity index (χ0v) is 18.2. The fraction of sp³-hybridized carbons (Fsp3) is 0.0741. The number of pyridine rings is 1. The molecule has 3 aromatic carbocycles. The van der Waals surface area contributed by atoms with Crippen LogP contribution in [0.1, 0.15) is 16.2 Å². The van der Waals surface area contributed by atoms with E-state index in [1.165, 1.54) is 0 Å². The molecule has 162 valence electrons. The summed E-state index contributed by atoms with van der Waals surface area (Å²) < 4.78 is 10.7. The van der Waals surface area contributed by atoms with Crippen LogP contribution in [0, 0.1) is 6.92 Å². The molecule has 0 unspecified atom stereocenters. The van der Waals surface area contributed by atoms with Gasteiger partial charge in [-0.25, -0.2) is 0 Å². The number of fused-ring (bicyclic) bond motifs is 1. The molecule has 1 amide bonds. The molecule has 5 rings (SSSR count). The molecule has 0 atom stereocenters. The van der Waals surface area contributed by atoms with Crippen molar-refractivity contribution in [2.75, 3.05) is 12.0 Å². The number of aryl methyl sites for hydroxylation is 1. The standard InChI is InChI=1S/C27H21N3O3/c1-18-11-12-20-7-6-10-24(26(20)28-18)30(21-8-4-3-5-9-21)27(31)23-17-25(33-29-23)19-13-15-22(32-2)16-14-19/h3-17H,1-2H3. The Labute approximate surface area is 191 Å². The van der Waals surface area contributed by atoms with Crippen molar-refractivity contribution >= 4 is 28.2 Å². The number of nitrogens with zero attached hydrogens (tertiary/aromatic N) is 3. The van der Waals surface area contributed by atoms with Gasteiger partial charge in [-0.3, -0.25) is 14.7 Å². The van der Waals surface area contributed by atoms with E-state index < -0.39 is 0 Å². The minimum atomic E-state index is -0.305. The quantitative estimate of drug-likeness (QED) is 0.329. The average Bonchev–Trinajstić information content (AvgIpc) is 3.35. The summed E-state index contributed by atoms with van der Waals surface area (Å²) in [6, 6.07) is 28.3. The van der Waals surface area contributed by atoms with Crippen LogP contribution in [-0.2, 0) is 0 Å². The maximum absolute atomic E-state index is 13.8. The molecule has 0 spiro atoms. The summed E-state index contributed by atoms with van der Waals surface area (Å²) in [4.78, 5) is 20.1. The smallest absolute Gasteiger partial charge is 0.285 e. The highest BCUT2D eigenvalue weighted by Gasteiger charge is 2.25. The number of benzene rings is 3. The van der Waals surface area contributed by atoms with Crippen molar-refractivity contribution in [2.24, 2.45) is 0 Å². The third-order valence-electron chi connectivity index (χ3n) is 5.40. The van der Waals surface area contributed by atoms with Gasteiger partial charge in [0.25, 0.3) is 5.91 Å². The second kappa shape index (κ2) is 8.59. The van der Waals surface area contributed by atoms with E-state index in [2.05, 4.69) is 5.16 Å². The Morgan fingerprint density at radius 2 is 1.70 bits per heavy atom. The summed E-state index contributed by atoms with van der Waals surface area (Å²) in [5.41, 5.74) is 4.02. The topological polar surface area (TPSA) is 68.5 Å². The molecule has 0 saturated carbocycles. The van der Waals surface area contributed by atoms with Gasteiger partial charge in [-0.15, -0.1) is 0 Å². The molecule has 0 saturated heterocycles. The molecule has 5 aromatic rings. The van der Waals surface area contributed by atoms with Gasteiger partial charge in [0.15, 0.2) is 11.5 Å². The van der Waals surface area contributed by atoms with Gasteiger partial charge in [0, 0.05) is 28.4 Å². The van der Waals surface area contributed by atoms with Crippen LogP contribution in [0.4, 0.5) is 11.4 Å². The molecule has 6 heteroatoms. The molecule has 6 nitrogen and oxygen atoms in total. The fourth-order valence-electron chi connectivity index (χ4n) is 3.73. The number of carbonyl (C=O) groups is 1. The van der Waals surface area contributed by atoms with Gasteiger partial charge in [-0.05, 0) is 55.5 Å². The molecule has 2 heterocycles. The fourth-order valence-corrected chi connectivity index (χ4v) is 3.73. The highest BCUT2D eigenvalue weighted by molar-refractivity contribution is 6.13. The molecule has 0 aliphatic heterocycles. The highest BCUT2D eigenvalue weighted by atomic mass is 16.5. The predicted octanol–water partition coefficient (Wildman–Crippen LogP) is 6.19. The van der Waals surface area contributed by atoms with E-state index >= 15 is 0 Å². The first-order chi connectivity index (χ1) is 16.1. The molecule has 0 N–H and O–H groups in total. The van der Waals surface area contributed by atoms with Crippen molar-refractivity contribution < 1.29 is 14.1 Å². The number of hydrogen-bond donors (Lipinski definition) is 0. The van der Waals surface area contributed by atoms with Crippen LogP contribution in [-0.4, -0.2) is 23.2 Å². The first kappa shape index (κ1) is 20.5. The zero-order valence-electron chi connectivity index (χ0n) is 18.2. The minimum absolute atomic E-state index is 0.203. The summed E-state index contributed by atoms with van der Waals surface area (Å²) in [6.45, 7) is 1.93. The number of anilines is 2. The summed E-state index contributed by atoms with van der Waals surface area (Å²) in [7, 11) is 1.61. The van der Waals surface area contributed by atoms with E-state index in [0.717, 1.165) is 27.9 Å². The van der Waals surface area contributed by atoms with Crippen molar-refractivity contribution in [3.8, 4) is 17.1 Å². The zero-order chi connectivity index (χ0) is 22.8. The molecule has 0 fully saturated rings. The number of aromatic nitrogens is 2. The van der Waals surface area contributed by atoms with E-state index in [-0.39, 0.29) is 11.6 Å². The predicted molar refractivity (Wildman–Crippen MR) is 128 cm³/mol. The Balaban J connectivity index is 1.60. The van der Waals surface area contributed by atoms with Crippen molar-refractivity contribution in [3.05, 3.63) is 102 Å². The lowest BCUT2D eigenvalue weighted by Gasteiger charge is -2.23. The molecular formula is C27H21N3O3. The van der Waals surface area contributed by atoms with Crippen LogP contribution in [0.15, 0.2) is 95.5 Å². The highest BCUT2D eigenvalue weighted by Crippen LogP contribution is 2.33. The number of para-hydroxylation sites is 2. The number of rotatable bonds is 5. The normalized spacial score (nSPS) is 10.8. The van der Waals surface area contributed by atoms with Crippen LogP contribution < -0.4 is 9.64 Å². The molecule has 33 heavy (non-hydrogen) atoms. The van der Waals surface area contributed by atoms with Crippen molar-refractivity contribution in [2.45, 2.75) is 6.92 Å². The van der Waals surface area contributed by atoms with E-state index in [9.17, 15) is 4.79 Å². The van der Waals surface area contributed by atoms with Gasteiger partial charge >= 0.3 is 0 Å². The second-order valence-corrected chi connectivity index (χ2v) is 7.58. The Kier molecular flexibility index (Phi) is 5.32. The van der Waals surface area contributed by atoms with Gasteiger partial charge in [0.1, 0.15) is 5.75 Å². The third-order valence-corrected chi connectivity index (χ3v) is 5.40. The lowest BCUT2D eigenvalue weighted by molar-refractivity contribution is 0.0991. The Bertz CT molecular complexity index is 1430. The average molecular weight is 435 g/mol. The molecular weight excluding hydrogens is 414 g/mol. The number of carbonyl (C=O) groups excluding carboxylic acids is 1. The van der Waals surface area contributed by atoms with Gasteiger partial charge in [0.2, 0.25) is 0 Å². The molecule has 0 aliphatic carbocycles. The molecule has 0 radical (unpaired) electrons. The van der Waals surface area contributed by atoms with Crippen LogP contribution in [0.5, 0.6) is 5.75 Å². The van der Waals surface area contributed by atoms with Gasteiger partial charge in [0.05, 0.1) is 18.3 Å². The summed E-state index contributed by atoms with van der Waals surface area (Å²) >= 11 is 0. The Morgan fingerprint density at radius 1 is 0.909 bits per heavy atom. The number of hydrogen-bond acceptors (Lipinski definition) is 5. The SMILES string of the molecule is COc1ccc(-c2cc(C(=O)N(c3ccccc3)c3cccc4ccc(C)nc34)no2)cc1. The van der Waals surface area contributed by atoms with E-state index in [4.69, 9.17) is 14.2 Å². The van der Waals surface area contributed by atoms with Crippen LogP contribution in [0.25, 0.3) is 22.2 Å². The number of methoxy groups -OCH3 is 1. The monoisotopic (exact) mass is 435 g/mol. The Morgan fingerprint density at radius 3 is 2.45 bits per heavy atom. The maximum atomic E-state index is 13.8.